The van der Waals surface area contributed by atoms with Crippen molar-refractivity contribution in [3.05, 3.63) is 11.6 Å². The van der Waals surface area contributed by atoms with Crippen molar-refractivity contribution in [1.29, 1.82) is 0 Å². The number of carbonyl (C=O) groups excluding carboxylic acids is 1. The van der Waals surface area contributed by atoms with Gasteiger partial charge in [-0.1, -0.05) is 0 Å². The monoisotopic (exact) mass is 200 g/mol. The van der Waals surface area contributed by atoms with Crippen molar-refractivity contribution >= 4 is 24.8 Å². The Morgan fingerprint density at radius 3 is 2.92 bits per heavy atom. The molecular formula is C8H12N2O2S. The van der Waals surface area contributed by atoms with E-state index in [0.29, 0.717) is 5.57 Å². The highest BCUT2D eigenvalue weighted by atomic mass is 32.1. The molecule has 0 aliphatic carbocycles. The number of hydrogen-bond acceptors (Lipinski definition) is 4. The van der Waals surface area contributed by atoms with Crippen LogP contribution in [-0.2, 0) is 4.79 Å². The topological polar surface area (TPSA) is 75.7 Å². The zero-order chi connectivity index (χ0) is 10.1. The van der Waals surface area contributed by atoms with Crippen LogP contribution in [0.4, 0.5) is 0 Å². The van der Waals surface area contributed by atoms with Crippen LogP contribution in [0.3, 0.4) is 0 Å². The summed E-state index contributed by atoms with van der Waals surface area (Å²) in [5.41, 5.74) is 3.94. The van der Waals surface area contributed by atoms with E-state index in [1.54, 1.807) is 19.2 Å². The lowest BCUT2D eigenvalue weighted by Crippen LogP contribution is -2.54. The molecular weight excluding hydrogens is 188 g/mol. The van der Waals surface area contributed by atoms with Crippen molar-refractivity contribution in [2.45, 2.75) is 18.6 Å². The molecule has 0 aromatic rings. The van der Waals surface area contributed by atoms with Gasteiger partial charge in [-0.05, 0) is 18.6 Å². The maximum Gasteiger partial charge on any atom is 0.256 e. The molecule has 2 unspecified atom stereocenters. The predicted molar refractivity (Wildman–Crippen MR) is 54.0 cm³/mol. The van der Waals surface area contributed by atoms with E-state index in [9.17, 15) is 9.90 Å². The third-order valence-electron chi connectivity index (χ3n) is 2.23. The minimum absolute atomic E-state index is 0.288. The fourth-order valence-corrected chi connectivity index (χ4v) is 1.65. The molecule has 0 radical (unpaired) electrons. The molecule has 2 atom stereocenters. The molecule has 3 N–H and O–H groups in total. The maximum absolute atomic E-state index is 11.1. The van der Waals surface area contributed by atoms with Gasteiger partial charge in [0, 0.05) is 12.0 Å². The van der Waals surface area contributed by atoms with Gasteiger partial charge in [0.2, 0.25) is 0 Å². The van der Waals surface area contributed by atoms with E-state index in [2.05, 4.69) is 17.6 Å². The Hall–Kier alpha value is -0.810. The first-order valence-corrected chi connectivity index (χ1v) is 4.52. The lowest BCUT2D eigenvalue weighted by molar-refractivity contribution is -0.134. The summed E-state index contributed by atoms with van der Waals surface area (Å²) in [4.78, 5) is 15.0. The van der Waals surface area contributed by atoms with E-state index in [1.807, 2.05) is 0 Å². The van der Waals surface area contributed by atoms with Crippen molar-refractivity contribution in [1.82, 2.24) is 0 Å². The number of amides is 1. The summed E-state index contributed by atoms with van der Waals surface area (Å²) in [6.45, 7) is 1.64. The number of thiol groups is 1. The molecule has 0 aromatic carbocycles. The lowest BCUT2D eigenvalue weighted by atomic mass is 9.85. The average Bonchev–Trinajstić information content (AvgIpc) is 2.09. The lowest BCUT2D eigenvalue weighted by Gasteiger charge is -2.32. The fourth-order valence-electron chi connectivity index (χ4n) is 1.30. The van der Waals surface area contributed by atoms with Crippen molar-refractivity contribution in [2.75, 3.05) is 5.75 Å². The Bertz CT molecular complexity index is 288. The first kappa shape index (κ1) is 10.3. The molecule has 0 fully saturated rings. The summed E-state index contributed by atoms with van der Waals surface area (Å²) < 4.78 is 0. The molecule has 0 saturated carbocycles. The van der Waals surface area contributed by atoms with Crippen LogP contribution in [0, 0.1) is 0 Å². The summed E-state index contributed by atoms with van der Waals surface area (Å²) in [6, 6.07) is -0.544. The maximum atomic E-state index is 11.1. The summed E-state index contributed by atoms with van der Waals surface area (Å²) in [6.07, 6.45) is 3.12. The largest absolute Gasteiger partial charge is 0.374 e. The van der Waals surface area contributed by atoms with Crippen molar-refractivity contribution in [3.63, 3.8) is 0 Å². The van der Waals surface area contributed by atoms with Gasteiger partial charge in [0.1, 0.15) is 0 Å². The third kappa shape index (κ3) is 1.49. The molecule has 1 heterocycles. The number of rotatable bonds is 2. The second kappa shape index (κ2) is 3.51. The second-order valence-electron chi connectivity index (χ2n) is 2.95. The molecule has 4 nitrogen and oxygen atoms in total. The molecule has 0 spiro atoms. The molecule has 13 heavy (non-hydrogen) atoms. The van der Waals surface area contributed by atoms with E-state index < -0.39 is 17.6 Å². The standard InChI is InChI=1S/C8H12N2O2S/c1-5-8(12,7(9)11)6(4-13)2-3-10-5/h2-3,5,12-13H,4H2,1H3,(H2,9,11). The van der Waals surface area contributed by atoms with Gasteiger partial charge in [-0.25, -0.2) is 0 Å². The van der Waals surface area contributed by atoms with Gasteiger partial charge in [-0.15, -0.1) is 0 Å². The summed E-state index contributed by atoms with van der Waals surface area (Å²) in [7, 11) is 0. The summed E-state index contributed by atoms with van der Waals surface area (Å²) >= 11 is 4.01. The Kier molecular flexibility index (Phi) is 2.77. The highest BCUT2D eigenvalue weighted by Gasteiger charge is 2.44. The number of nitrogens with zero attached hydrogens (tertiary/aromatic N) is 1. The van der Waals surface area contributed by atoms with Crippen molar-refractivity contribution < 1.29 is 9.90 Å². The van der Waals surface area contributed by atoms with E-state index in [4.69, 9.17) is 5.73 Å². The first-order chi connectivity index (χ1) is 6.03. The minimum Gasteiger partial charge on any atom is -0.374 e. The van der Waals surface area contributed by atoms with Gasteiger partial charge < -0.3 is 10.8 Å². The van der Waals surface area contributed by atoms with Gasteiger partial charge in [0.05, 0.1) is 6.04 Å². The quantitative estimate of drug-likeness (QED) is 0.527. The van der Waals surface area contributed by atoms with E-state index in [0.717, 1.165) is 0 Å². The van der Waals surface area contributed by atoms with E-state index >= 15 is 0 Å². The second-order valence-corrected chi connectivity index (χ2v) is 3.27. The number of primary amides is 1. The number of hydrogen-bond donors (Lipinski definition) is 3. The fraction of sp³-hybridized carbons (Fsp3) is 0.500. The van der Waals surface area contributed by atoms with E-state index in [-0.39, 0.29) is 5.75 Å². The Morgan fingerprint density at radius 1 is 1.92 bits per heavy atom. The molecule has 0 saturated heterocycles. The van der Waals surface area contributed by atoms with Crippen LogP contribution in [0.1, 0.15) is 6.92 Å². The molecule has 1 amide bonds. The summed E-state index contributed by atoms with van der Waals surface area (Å²) in [5.74, 6) is -0.493. The number of aliphatic imine (C=N–C) groups is 1. The number of nitrogens with two attached hydrogens (primary N) is 1. The molecule has 0 bridgehead atoms. The van der Waals surface area contributed by atoms with Crippen LogP contribution in [-0.4, -0.2) is 34.6 Å². The average molecular weight is 200 g/mol. The molecule has 1 aliphatic rings. The Labute approximate surface area is 81.9 Å². The van der Waals surface area contributed by atoms with Crippen molar-refractivity contribution in [2.24, 2.45) is 10.7 Å². The molecule has 5 heteroatoms. The number of allylic oxidation sites excluding steroid dienone is 1. The van der Waals surface area contributed by atoms with Gasteiger partial charge >= 0.3 is 0 Å². The van der Waals surface area contributed by atoms with Crippen LogP contribution in [0.25, 0.3) is 0 Å². The van der Waals surface area contributed by atoms with Crippen LogP contribution in [0.15, 0.2) is 16.6 Å². The van der Waals surface area contributed by atoms with Crippen LogP contribution < -0.4 is 5.73 Å². The van der Waals surface area contributed by atoms with Gasteiger partial charge in [0.15, 0.2) is 5.60 Å². The zero-order valence-electron chi connectivity index (χ0n) is 7.27. The Balaban J connectivity index is 3.12. The minimum atomic E-state index is -1.67. The number of aliphatic hydroxyl groups is 1. The predicted octanol–water partition coefficient (Wildman–Crippen LogP) is -0.468. The van der Waals surface area contributed by atoms with Crippen molar-refractivity contribution in [3.8, 4) is 0 Å². The SMILES string of the molecule is CC1N=CC=C(CS)C1(O)C(N)=O. The number of dihydropyridines is 1. The molecule has 0 aromatic heterocycles. The third-order valence-corrected chi connectivity index (χ3v) is 2.57. The van der Waals surface area contributed by atoms with Gasteiger partial charge in [-0.2, -0.15) is 12.6 Å². The molecule has 1 rings (SSSR count). The van der Waals surface area contributed by atoms with Crippen LogP contribution >= 0.6 is 12.6 Å². The van der Waals surface area contributed by atoms with Gasteiger partial charge in [-0.3, -0.25) is 9.79 Å². The normalized spacial score (nSPS) is 32.8. The van der Waals surface area contributed by atoms with Crippen LogP contribution in [0.2, 0.25) is 0 Å². The first-order valence-electron chi connectivity index (χ1n) is 3.89. The highest BCUT2D eigenvalue weighted by Crippen LogP contribution is 2.26. The molecule has 1 aliphatic heterocycles. The zero-order valence-corrected chi connectivity index (χ0v) is 8.16. The highest BCUT2D eigenvalue weighted by molar-refractivity contribution is 7.80. The van der Waals surface area contributed by atoms with E-state index in [1.165, 1.54) is 0 Å². The van der Waals surface area contributed by atoms with Crippen LogP contribution in [0.5, 0.6) is 0 Å². The molecule has 72 valence electrons. The van der Waals surface area contributed by atoms with Gasteiger partial charge in [0.25, 0.3) is 5.91 Å². The Morgan fingerprint density at radius 2 is 2.54 bits per heavy atom. The number of carbonyl (C=O) groups is 1. The smallest absolute Gasteiger partial charge is 0.256 e. The summed E-state index contributed by atoms with van der Waals surface area (Å²) in [5, 5.41) is 9.97.